The van der Waals surface area contributed by atoms with Gasteiger partial charge in [0.25, 0.3) is 0 Å². The minimum absolute atomic E-state index is 0.200. The van der Waals surface area contributed by atoms with E-state index in [1.807, 2.05) is 16.8 Å². The highest BCUT2D eigenvalue weighted by Gasteiger charge is 2.27. The number of anilines is 1. The molecule has 1 aliphatic carbocycles. The van der Waals surface area contributed by atoms with Crippen molar-refractivity contribution >= 4 is 45.8 Å². The highest BCUT2D eigenvalue weighted by atomic mass is 32.1. The van der Waals surface area contributed by atoms with Crippen LogP contribution in [0.3, 0.4) is 0 Å². The normalized spacial score (nSPS) is 15.3. The van der Waals surface area contributed by atoms with Gasteiger partial charge in [-0.1, -0.05) is 6.08 Å². The molecule has 0 aliphatic heterocycles. The second-order valence-electron chi connectivity index (χ2n) is 7.05. The summed E-state index contributed by atoms with van der Waals surface area (Å²) in [6, 6.07) is 4.18. The number of carbonyl (C=O) groups excluding carboxylic acids is 2. The number of nitrogens with one attached hydrogen (secondary N) is 1. The number of hydrogen-bond acceptors (Lipinski definition) is 6. The molecule has 0 spiro atoms. The number of fused-ring (bicyclic) bond motifs is 1. The first-order valence-electron chi connectivity index (χ1n) is 9.56. The highest BCUT2D eigenvalue weighted by molar-refractivity contribution is 7.16. The summed E-state index contributed by atoms with van der Waals surface area (Å²) in [5.74, 6) is -0.0576. The molecule has 6 nitrogen and oxygen atoms in total. The van der Waals surface area contributed by atoms with Crippen LogP contribution in [-0.4, -0.2) is 37.1 Å². The molecule has 1 unspecified atom stereocenters. The molecule has 1 N–H and O–H groups in total. The molecule has 0 saturated carbocycles. The number of thiophene rings is 2. The van der Waals surface area contributed by atoms with Gasteiger partial charge in [-0.2, -0.15) is 16.6 Å². The Labute approximate surface area is 184 Å². The van der Waals surface area contributed by atoms with Gasteiger partial charge in [0.1, 0.15) is 11.1 Å². The topological polar surface area (TPSA) is 82.4 Å². The third-order valence-electron chi connectivity index (χ3n) is 4.84. The molecule has 1 aliphatic rings. The molecule has 3 rings (SSSR count). The van der Waals surface area contributed by atoms with Crippen molar-refractivity contribution in [2.75, 3.05) is 25.5 Å². The van der Waals surface area contributed by atoms with Crippen LogP contribution in [0.1, 0.15) is 28.0 Å². The molecular weight excluding hydrogens is 418 g/mol. The minimum Gasteiger partial charge on any atom is -0.449 e. The van der Waals surface area contributed by atoms with E-state index >= 15 is 0 Å². The van der Waals surface area contributed by atoms with Gasteiger partial charge in [0.05, 0.1) is 12.2 Å². The average Bonchev–Trinajstić information content (AvgIpc) is 3.37. The predicted octanol–water partition coefficient (Wildman–Crippen LogP) is 4.69. The standard InChI is InChI=1S/C22H23N3O3S2/c1-3-9-25(2)22(27)28-13-16-4-6-17-18(12-23)21(30-19(17)11-16)24-20(26)7-5-15-8-10-29-14-15/h3,5,7-8,10,14,16H,1,4,6,9,11,13H2,2H3,(H,24,26)/b7-5+. The van der Waals surface area contributed by atoms with E-state index in [9.17, 15) is 14.9 Å². The zero-order valence-corrected chi connectivity index (χ0v) is 18.4. The molecule has 0 saturated heterocycles. The monoisotopic (exact) mass is 441 g/mol. The second kappa shape index (κ2) is 10.2. The maximum absolute atomic E-state index is 12.3. The Morgan fingerprint density at radius 2 is 2.33 bits per heavy atom. The maximum atomic E-state index is 12.3. The molecule has 0 aromatic carbocycles. The van der Waals surface area contributed by atoms with Crippen molar-refractivity contribution in [3.63, 3.8) is 0 Å². The molecule has 2 heterocycles. The van der Waals surface area contributed by atoms with Crippen molar-refractivity contribution in [1.29, 1.82) is 5.26 Å². The lowest BCUT2D eigenvalue weighted by atomic mass is 9.88. The van der Waals surface area contributed by atoms with Gasteiger partial charge in [-0.15, -0.1) is 17.9 Å². The smallest absolute Gasteiger partial charge is 0.409 e. The zero-order valence-electron chi connectivity index (χ0n) is 16.7. The summed E-state index contributed by atoms with van der Waals surface area (Å²) in [4.78, 5) is 26.8. The Kier molecular flexibility index (Phi) is 7.44. The summed E-state index contributed by atoms with van der Waals surface area (Å²) >= 11 is 3.01. The summed E-state index contributed by atoms with van der Waals surface area (Å²) in [5.41, 5.74) is 2.52. The van der Waals surface area contributed by atoms with E-state index in [4.69, 9.17) is 4.74 Å². The van der Waals surface area contributed by atoms with Crippen LogP contribution < -0.4 is 5.32 Å². The molecule has 0 radical (unpaired) electrons. The van der Waals surface area contributed by atoms with Gasteiger partial charge in [-0.3, -0.25) is 4.79 Å². The number of rotatable bonds is 7. The lowest BCUT2D eigenvalue weighted by Crippen LogP contribution is -2.30. The maximum Gasteiger partial charge on any atom is 0.409 e. The molecule has 0 fully saturated rings. The van der Waals surface area contributed by atoms with Crippen molar-refractivity contribution < 1.29 is 14.3 Å². The number of likely N-dealkylation sites (N-methyl/N-ethyl adjacent to an activating group) is 1. The van der Waals surface area contributed by atoms with Crippen LogP contribution in [0.5, 0.6) is 0 Å². The van der Waals surface area contributed by atoms with Crippen LogP contribution in [-0.2, 0) is 22.4 Å². The van der Waals surface area contributed by atoms with Crippen LogP contribution >= 0.6 is 22.7 Å². The minimum atomic E-state index is -0.366. The predicted molar refractivity (Wildman–Crippen MR) is 121 cm³/mol. The largest absolute Gasteiger partial charge is 0.449 e. The summed E-state index contributed by atoms with van der Waals surface area (Å²) in [6.45, 7) is 4.39. The Morgan fingerprint density at radius 3 is 3.03 bits per heavy atom. The zero-order chi connectivity index (χ0) is 21.5. The Bertz CT molecular complexity index is 986. The van der Waals surface area contributed by atoms with E-state index in [1.165, 1.54) is 22.3 Å². The molecule has 8 heteroatoms. The molecular formula is C22H23N3O3S2. The summed E-state index contributed by atoms with van der Waals surface area (Å²) in [7, 11) is 1.67. The van der Waals surface area contributed by atoms with Gasteiger partial charge >= 0.3 is 6.09 Å². The van der Waals surface area contributed by atoms with Crippen molar-refractivity contribution in [2.45, 2.75) is 19.3 Å². The van der Waals surface area contributed by atoms with Gasteiger partial charge in [-0.25, -0.2) is 4.79 Å². The molecule has 0 bridgehead atoms. The number of carbonyl (C=O) groups is 2. The number of ether oxygens (including phenoxy) is 1. The van der Waals surface area contributed by atoms with Gasteiger partial charge in [-0.05, 0) is 59.2 Å². The van der Waals surface area contributed by atoms with E-state index in [0.717, 1.165) is 35.3 Å². The fraction of sp³-hybridized carbons (Fsp3) is 0.318. The third kappa shape index (κ3) is 5.38. The lowest BCUT2D eigenvalue weighted by molar-refractivity contribution is -0.111. The van der Waals surface area contributed by atoms with Crippen LogP contribution in [0, 0.1) is 17.2 Å². The number of nitriles is 1. The third-order valence-corrected chi connectivity index (χ3v) is 6.71. The number of amides is 2. The SMILES string of the molecule is C=CCN(C)C(=O)OCC1CCc2c(sc(NC(=O)/C=C/c3ccsc3)c2C#N)C1. The van der Waals surface area contributed by atoms with Crippen LogP contribution in [0.2, 0.25) is 0 Å². The van der Waals surface area contributed by atoms with Gasteiger partial charge in [0.2, 0.25) is 5.91 Å². The van der Waals surface area contributed by atoms with Crippen LogP contribution in [0.25, 0.3) is 6.08 Å². The average molecular weight is 442 g/mol. The molecule has 2 aromatic rings. The first-order chi connectivity index (χ1) is 14.5. The second-order valence-corrected chi connectivity index (χ2v) is 8.94. The Balaban J connectivity index is 1.62. The molecule has 156 valence electrons. The quantitative estimate of drug-likeness (QED) is 0.499. The van der Waals surface area contributed by atoms with Crippen LogP contribution in [0.15, 0.2) is 35.6 Å². The van der Waals surface area contributed by atoms with E-state index < -0.39 is 0 Å². The fourth-order valence-electron chi connectivity index (χ4n) is 3.27. The number of nitrogens with zero attached hydrogens (tertiary/aromatic N) is 2. The molecule has 30 heavy (non-hydrogen) atoms. The van der Waals surface area contributed by atoms with Gasteiger partial charge in [0.15, 0.2) is 0 Å². The fourth-order valence-corrected chi connectivity index (χ4v) is 5.21. The van der Waals surface area contributed by atoms with E-state index in [-0.39, 0.29) is 17.9 Å². The first kappa shape index (κ1) is 21.8. The highest BCUT2D eigenvalue weighted by Crippen LogP contribution is 2.39. The lowest BCUT2D eigenvalue weighted by Gasteiger charge is -2.23. The van der Waals surface area contributed by atoms with Gasteiger partial charge in [0, 0.05) is 24.5 Å². The van der Waals surface area contributed by atoms with Crippen molar-refractivity contribution in [2.24, 2.45) is 5.92 Å². The van der Waals surface area contributed by atoms with Crippen molar-refractivity contribution in [1.82, 2.24) is 4.90 Å². The van der Waals surface area contributed by atoms with E-state index in [1.54, 1.807) is 30.5 Å². The molecule has 2 amide bonds. The van der Waals surface area contributed by atoms with Gasteiger partial charge < -0.3 is 15.0 Å². The van der Waals surface area contributed by atoms with E-state index in [0.29, 0.717) is 23.7 Å². The van der Waals surface area contributed by atoms with Crippen LogP contribution in [0.4, 0.5) is 9.80 Å². The summed E-state index contributed by atoms with van der Waals surface area (Å²) in [6.07, 6.45) is 6.81. The van der Waals surface area contributed by atoms with Crippen molar-refractivity contribution in [3.05, 3.63) is 57.1 Å². The summed E-state index contributed by atoms with van der Waals surface area (Å²) < 4.78 is 5.41. The Morgan fingerprint density at radius 1 is 1.50 bits per heavy atom. The van der Waals surface area contributed by atoms with Crippen molar-refractivity contribution in [3.8, 4) is 6.07 Å². The first-order valence-corrected chi connectivity index (χ1v) is 11.3. The Hall–Kier alpha value is -2.89. The molecule has 2 aromatic heterocycles. The molecule has 1 atom stereocenters. The summed E-state index contributed by atoms with van der Waals surface area (Å²) in [5, 5.41) is 17.0. The number of hydrogen-bond donors (Lipinski definition) is 1. The van der Waals surface area contributed by atoms with E-state index in [2.05, 4.69) is 18.0 Å².